The summed E-state index contributed by atoms with van der Waals surface area (Å²) in [4.78, 5) is 0. The lowest BCUT2D eigenvalue weighted by atomic mass is 10.2. The van der Waals surface area contributed by atoms with Gasteiger partial charge in [0.1, 0.15) is 0 Å². The molecule has 0 spiro atoms. The summed E-state index contributed by atoms with van der Waals surface area (Å²) in [5.41, 5.74) is 0. The molecule has 0 rings (SSSR count). The lowest BCUT2D eigenvalue weighted by molar-refractivity contribution is 0.626. The second-order valence-corrected chi connectivity index (χ2v) is 3.80. The van der Waals surface area contributed by atoms with Crippen molar-refractivity contribution >= 4 is 0 Å². The van der Waals surface area contributed by atoms with Gasteiger partial charge in [-0.15, -0.1) is 0 Å². The normalized spacial score (nSPS) is 7.60. The van der Waals surface area contributed by atoms with Crippen LogP contribution in [0, 0.1) is 5.92 Å². The van der Waals surface area contributed by atoms with Crippen molar-refractivity contribution in [1.29, 1.82) is 0 Å². The maximum atomic E-state index is 2.22. The van der Waals surface area contributed by atoms with E-state index in [1.807, 2.05) is 13.8 Å². The van der Waals surface area contributed by atoms with E-state index in [9.17, 15) is 0 Å². The third-order valence-electron chi connectivity index (χ3n) is 1.82. The maximum absolute atomic E-state index is 2.22. The van der Waals surface area contributed by atoms with Crippen molar-refractivity contribution < 1.29 is 0 Å². The number of rotatable bonds is 3. The predicted molar refractivity (Wildman–Crippen MR) is 77.6 cm³/mol. The fraction of sp³-hybridized carbons (Fsp3) is 1.00. The van der Waals surface area contributed by atoms with Crippen LogP contribution < -0.4 is 0 Å². The summed E-state index contributed by atoms with van der Waals surface area (Å²) in [6.07, 6.45) is 6.58. The molecule has 0 unspecified atom stereocenters. The van der Waals surface area contributed by atoms with Crippen molar-refractivity contribution in [3.8, 4) is 0 Å². The summed E-state index contributed by atoms with van der Waals surface area (Å²) >= 11 is 0. The highest BCUT2D eigenvalue weighted by atomic mass is 13.9. The highest BCUT2D eigenvalue weighted by molar-refractivity contribution is 4.32. The van der Waals surface area contributed by atoms with Gasteiger partial charge in [-0.3, -0.25) is 0 Å². The van der Waals surface area contributed by atoms with Crippen molar-refractivity contribution in [2.24, 2.45) is 5.92 Å². The fourth-order valence-electron chi connectivity index (χ4n) is 0. The SMILES string of the molecule is CC.CCC(C)C.CCCC.CCCC. The van der Waals surface area contributed by atoms with Crippen LogP contribution >= 0.6 is 0 Å². The van der Waals surface area contributed by atoms with Gasteiger partial charge in [-0.25, -0.2) is 0 Å². The Kier molecular flexibility index (Phi) is 59.9. The first-order valence-electron chi connectivity index (χ1n) is 7.10. The van der Waals surface area contributed by atoms with Crippen LogP contribution in [0.5, 0.6) is 0 Å². The second kappa shape index (κ2) is 37.0. The highest BCUT2D eigenvalue weighted by Gasteiger charge is 1.80. The third kappa shape index (κ3) is 126. The van der Waals surface area contributed by atoms with Gasteiger partial charge in [0.2, 0.25) is 0 Å². The van der Waals surface area contributed by atoms with E-state index in [4.69, 9.17) is 0 Å². The van der Waals surface area contributed by atoms with E-state index in [2.05, 4.69) is 48.5 Å². The molecule has 0 nitrogen and oxygen atoms in total. The molecule has 0 aliphatic rings. The van der Waals surface area contributed by atoms with E-state index in [-0.39, 0.29) is 0 Å². The van der Waals surface area contributed by atoms with Gasteiger partial charge >= 0.3 is 0 Å². The van der Waals surface area contributed by atoms with E-state index in [0.717, 1.165) is 5.92 Å². The molecule has 0 atom stereocenters. The molecule has 0 fully saturated rings. The minimum atomic E-state index is 0.884. The fourth-order valence-corrected chi connectivity index (χ4v) is 0. The first-order valence-corrected chi connectivity index (χ1v) is 7.10. The van der Waals surface area contributed by atoms with E-state index in [1.165, 1.54) is 32.1 Å². The zero-order valence-electron chi connectivity index (χ0n) is 13.1. The molecule has 0 heteroatoms. The van der Waals surface area contributed by atoms with Crippen molar-refractivity contribution in [3.05, 3.63) is 0 Å². The molecule has 0 heterocycles. The lowest BCUT2D eigenvalue weighted by Crippen LogP contribution is -1.77. The Morgan fingerprint density at radius 2 is 0.733 bits per heavy atom. The Morgan fingerprint density at radius 3 is 0.733 bits per heavy atom. The minimum absolute atomic E-state index is 0.884. The quantitative estimate of drug-likeness (QED) is 0.495. The van der Waals surface area contributed by atoms with Crippen LogP contribution in [0.25, 0.3) is 0 Å². The van der Waals surface area contributed by atoms with Crippen LogP contribution in [0.3, 0.4) is 0 Å². The first-order chi connectivity index (χ1) is 7.10. The third-order valence-corrected chi connectivity index (χ3v) is 1.82. The van der Waals surface area contributed by atoms with Crippen molar-refractivity contribution in [3.63, 3.8) is 0 Å². The van der Waals surface area contributed by atoms with Gasteiger partial charge in [0.05, 0.1) is 0 Å². The monoisotopic (exact) mass is 218 g/mol. The molecule has 15 heavy (non-hydrogen) atoms. The maximum Gasteiger partial charge on any atom is -0.0474 e. The Labute approximate surface area is 101 Å². The van der Waals surface area contributed by atoms with Crippen LogP contribution in [-0.4, -0.2) is 0 Å². The summed E-state index contributed by atoms with van der Waals surface area (Å²) in [5, 5.41) is 0. The van der Waals surface area contributed by atoms with Gasteiger partial charge in [-0.2, -0.15) is 0 Å². The summed E-state index contributed by atoms with van der Waals surface area (Å²) in [5.74, 6) is 0.884. The van der Waals surface area contributed by atoms with Gasteiger partial charge in [0.25, 0.3) is 0 Å². The molecule has 0 saturated heterocycles. The van der Waals surface area contributed by atoms with Crippen LogP contribution in [0.4, 0.5) is 0 Å². The average Bonchev–Trinajstić information content (AvgIpc) is 2.32. The van der Waals surface area contributed by atoms with Gasteiger partial charge in [0, 0.05) is 0 Å². The smallest absolute Gasteiger partial charge is 0.0474 e. The van der Waals surface area contributed by atoms with Gasteiger partial charge in [0.15, 0.2) is 0 Å². The molecule has 0 radical (unpaired) electrons. The standard InChI is InChI=1S/C5H12.2C4H10.C2H6/c1-4-5(2)3;2*1-3-4-2;1-2/h5H,4H2,1-3H3;2*3-4H2,1-2H3;1-2H3. The predicted octanol–water partition coefficient (Wildman–Crippen LogP) is 6.69. The number of hydrogen-bond acceptors (Lipinski definition) is 0. The molecule has 0 aliphatic carbocycles. The van der Waals surface area contributed by atoms with Gasteiger partial charge in [-0.1, -0.05) is 94.4 Å². The van der Waals surface area contributed by atoms with Gasteiger partial charge in [-0.05, 0) is 5.92 Å². The Hall–Kier alpha value is 0. The molecule has 98 valence electrons. The molecule has 0 aliphatic heterocycles. The minimum Gasteiger partial charge on any atom is -0.0683 e. The Bertz CT molecular complexity index is 38.0. The Balaban J connectivity index is -0.0000000562. The summed E-state index contributed by atoms with van der Waals surface area (Å²) in [6, 6.07) is 0. The van der Waals surface area contributed by atoms with Crippen molar-refractivity contribution in [2.75, 3.05) is 0 Å². The highest BCUT2D eigenvalue weighted by Crippen LogP contribution is 1.93. The van der Waals surface area contributed by atoms with Crippen molar-refractivity contribution in [1.82, 2.24) is 0 Å². The first kappa shape index (κ1) is 24.3. The molecule has 0 aromatic carbocycles. The van der Waals surface area contributed by atoms with E-state index < -0.39 is 0 Å². The van der Waals surface area contributed by atoms with E-state index >= 15 is 0 Å². The lowest BCUT2D eigenvalue weighted by Gasteiger charge is -1.90. The molecule has 0 saturated carbocycles. The summed E-state index contributed by atoms with van der Waals surface area (Å²) in [6.45, 7) is 19.4. The van der Waals surface area contributed by atoms with Crippen LogP contribution in [-0.2, 0) is 0 Å². The average molecular weight is 218 g/mol. The largest absolute Gasteiger partial charge is 0.0683 e. The van der Waals surface area contributed by atoms with Crippen molar-refractivity contribution in [2.45, 2.75) is 94.4 Å². The van der Waals surface area contributed by atoms with Crippen LogP contribution in [0.2, 0.25) is 0 Å². The number of unbranched alkanes of at least 4 members (excludes halogenated alkanes) is 2. The second-order valence-electron chi connectivity index (χ2n) is 3.80. The Morgan fingerprint density at radius 1 is 0.600 bits per heavy atom. The van der Waals surface area contributed by atoms with E-state index in [1.54, 1.807) is 0 Å². The summed E-state index contributed by atoms with van der Waals surface area (Å²) in [7, 11) is 0. The molecule has 0 N–H and O–H groups in total. The van der Waals surface area contributed by atoms with Crippen LogP contribution in [0.1, 0.15) is 94.4 Å². The number of hydrogen-bond donors (Lipinski definition) is 0. The molecule has 0 bridgehead atoms. The van der Waals surface area contributed by atoms with Crippen LogP contribution in [0.15, 0.2) is 0 Å². The molecule has 0 aromatic rings. The van der Waals surface area contributed by atoms with Gasteiger partial charge < -0.3 is 0 Å². The molecular formula is C15H38. The molecule has 0 amide bonds. The molecule has 0 aromatic heterocycles. The zero-order chi connectivity index (χ0) is 13.1. The summed E-state index contributed by atoms with van der Waals surface area (Å²) < 4.78 is 0. The topological polar surface area (TPSA) is 0 Å². The zero-order valence-corrected chi connectivity index (χ0v) is 13.1. The molecular weight excluding hydrogens is 180 g/mol. The van der Waals surface area contributed by atoms with E-state index in [0.29, 0.717) is 0 Å².